The minimum absolute atomic E-state index is 0.862. The van der Waals surface area contributed by atoms with Gasteiger partial charge in [0.15, 0.2) is 0 Å². The van der Waals surface area contributed by atoms with E-state index in [-0.39, 0.29) is 0 Å². The minimum atomic E-state index is 0.862. The van der Waals surface area contributed by atoms with Crippen LogP contribution in [0.3, 0.4) is 0 Å². The lowest BCUT2D eigenvalue weighted by Gasteiger charge is -2.04. The summed E-state index contributed by atoms with van der Waals surface area (Å²) < 4.78 is 0. The van der Waals surface area contributed by atoms with Gasteiger partial charge in [0.1, 0.15) is 0 Å². The molecule has 0 saturated heterocycles. The van der Waals surface area contributed by atoms with E-state index < -0.39 is 0 Å². The molecule has 0 aliphatic carbocycles. The second kappa shape index (κ2) is 15.1. The van der Waals surface area contributed by atoms with Crippen LogP contribution in [-0.4, -0.2) is 12.9 Å². The predicted molar refractivity (Wildman–Crippen MR) is 93.0 cm³/mol. The van der Waals surface area contributed by atoms with E-state index in [0.29, 0.717) is 0 Å². The Morgan fingerprint density at radius 1 is 1.21 bits per heavy atom. The third kappa shape index (κ3) is 11.8. The number of aliphatic imine (C=N–C) groups is 1. The molecule has 3 heteroatoms. The Morgan fingerprint density at radius 2 is 1.79 bits per heavy atom. The summed E-state index contributed by atoms with van der Waals surface area (Å²) in [4.78, 5) is 5.13. The fraction of sp³-hybridized carbons (Fsp3) is 0.562. The summed E-state index contributed by atoms with van der Waals surface area (Å²) >= 11 is 4.37. The fourth-order valence-electron chi connectivity index (χ4n) is 1.07. The second-order valence-electron chi connectivity index (χ2n) is 3.91. The summed E-state index contributed by atoms with van der Waals surface area (Å²) in [5, 5.41) is 3.11. The molecule has 19 heavy (non-hydrogen) atoms. The maximum atomic E-state index is 4.37. The Hall–Kier alpha value is -0.960. The van der Waals surface area contributed by atoms with Crippen molar-refractivity contribution in [2.24, 2.45) is 4.99 Å². The van der Waals surface area contributed by atoms with E-state index in [0.717, 1.165) is 23.5 Å². The normalized spacial score (nSPS) is 9.21. The molecule has 1 aromatic carbocycles. The summed E-state index contributed by atoms with van der Waals surface area (Å²) in [5.41, 5.74) is 2.21. The van der Waals surface area contributed by atoms with Crippen LogP contribution in [0.25, 0.3) is 0 Å². The van der Waals surface area contributed by atoms with Crippen LogP contribution in [0.1, 0.15) is 53.0 Å². The van der Waals surface area contributed by atoms with Gasteiger partial charge in [-0.3, -0.25) is 4.99 Å². The molecule has 0 aliphatic heterocycles. The van der Waals surface area contributed by atoms with Crippen LogP contribution < -0.4 is 5.32 Å². The molecule has 1 aromatic rings. The van der Waals surface area contributed by atoms with Gasteiger partial charge in [0.25, 0.3) is 0 Å². The van der Waals surface area contributed by atoms with Crippen molar-refractivity contribution < 1.29 is 0 Å². The summed E-state index contributed by atoms with van der Waals surface area (Å²) in [5.74, 6) is 0. The fourth-order valence-corrected chi connectivity index (χ4v) is 1.42. The minimum Gasteiger partial charge on any atom is -0.346 e. The monoisotopic (exact) mass is 282 g/mol. The van der Waals surface area contributed by atoms with Crippen molar-refractivity contribution >= 4 is 24.7 Å². The van der Waals surface area contributed by atoms with E-state index in [1.165, 1.54) is 12.0 Å². The highest BCUT2D eigenvalue weighted by Gasteiger charge is 1.95. The molecule has 0 spiro atoms. The van der Waals surface area contributed by atoms with Crippen molar-refractivity contribution in [2.45, 2.75) is 59.3 Å². The molecule has 1 N–H and O–H groups in total. The van der Waals surface area contributed by atoms with E-state index in [2.05, 4.69) is 56.7 Å². The molecule has 0 atom stereocenters. The highest BCUT2D eigenvalue weighted by Crippen LogP contribution is 2.19. The van der Waals surface area contributed by atoms with E-state index in [4.69, 9.17) is 0 Å². The average molecular weight is 282 g/mol. The zero-order chi connectivity index (χ0) is 15.1. The molecule has 0 aromatic heterocycles. The van der Waals surface area contributed by atoms with E-state index in [9.17, 15) is 0 Å². The molecular formula is C16H30N2S. The molecule has 0 radical (unpaired) electrons. The first-order valence-electron chi connectivity index (χ1n) is 7.20. The Balaban J connectivity index is 0. The predicted octanol–water partition coefficient (Wildman–Crippen LogP) is 5.58. The van der Waals surface area contributed by atoms with Crippen LogP contribution in [0.5, 0.6) is 0 Å². The number of benzene rings is 1. The van der Waals surface area contributed by atoms with Crippen LogP contribution in [0.15, 0.2) is 28.1 Å². The van der Waals surface area contributed by atoms with Crippen LogP contribution in [0, 0.1) is 6.92 Å². The van der Waals surface area contributed by atoms with Crippen LogP contribution >= 0.6 is 12.6 Å². The number of anilines is 1. The number of hydrogen-bond donors (Lipinski definition) is 2. The number of rotatable bonds is 4. The van der Waals surface area contributed by atoms with Gasteiger partial charge < -0.3 is 5.32 Å². The van der Waals surface area contributed by atoms with Gasteiger partial charge in [-0.15, -0.1) is 12.6 Å². The van der Waals surface area contributed by atoms with Gasteiger partial charge in [-0.1, -0.05) is 47.1 Å². The lowest BCUT2D eigenvalue weighted by Crippen LogP contribution is -1.96. The van der Waals surface area contributed by atoms with Gasteiger partial charge in [0, 0.05) is 11.4 Å². The Labute approximate surface area is 125 Å². The number of aryl methyl sites for hydroxylation is 1. The molecule has 110 valence electrons. The molecule has 0 bridgehead atoms. The highest BCUT2D eigenvalue weighted by atomic mass is 32.1. The molecule has 0 saturated carbocycles. The van der Waals surface area contributed by atoms with E-state index in [1.54, 1.807) is 6.34 Å². The molecule has 2 nitrogen and oxygen atoms in total. The third-order valence-corrected chi connectivity index (χ3v) is 2.19. The topological polar surface area (TPSA) is 24.4 Å². The van der Waals surface area contributed by atoms with Crippen molar-refractivity contribution in [3.8, 4) is 0 Å². The van der Waals surface area contributed by atoms with Gasteiger partial charge in [-0.25, -0.2) is 0 Å². The summed E-state index contributed by atoms with van der Waals surface area (Å²) in [7, 11) is 0. The van der Waals surface area contributed by atoms with Crippen LogP contribution in [-0.2, 0) is 0 Å². The van der Waals surface area contributed by atoms with Crippen molar-refractivity contribution in [3.05, 3.63) is 23.8 Å². The summed E-state index contributed by atoms with van der Waals surface area (Å²) in [6, 6.07) is 6.09. The first-order chi connectivity index (χ1) is 9.15. The van der Waals surface area contributed by atoms with Crippen molar-refractivity contribution in [2.75, 3.05) is 11.9 Å². The quantitative estimate of drug-likeness (QED) is 0.421. The first kappa shape index (κ1) is 20.4. The van der Waals surface area contributed by atoms with Gasteiger partial charge in [0.05, 0.1) is 12.0 Å². The highest BCUT2D eigenvalue weighted by molar-refractivity contribution is 7.80. The van der Waals surface area contributed by atoms with Gasteiger partial charge in [-0.2, -0.15) is 0 Å². The average Bonchev–Trinajstić information content (AvgIpc) is 2.40. The summed E-state index contributed by atoms with van der Waals surface area (Å²) in [6.45, 7) is 13.3. The van der Waals surface area contributed by atoms with Crippen molar-refractivity contribution in [1.82, 2.24) is 0 Å². The van der Waals surface area contributed by atoms with Gasteiger partial charge in [-0.05, 0) is 31.0 Å². The SMILES string of the molecule is CC.CCC.CCCN=CNc1ccc(C)cc1S. The van der Waals surface area contributed by atoms with Gasteiger partial charge >= 0.3 is 0 Å². The van der Waals surface area contributed by atoms with Gasteiger partial charge in [0.2, 0.25) is 0 Å². The zero-order valence-corrected chi connectivity index (χ0v) is 14.2. The molecule has 0 amide bonds. The number of nitrogens with one attached hydrogen (secondary N) is 1. The number of nitrogens with zero attached hydrogens (tertiary/aromatic N) is 1. The maximum absolute atomic E-state index is 4.37. The number of thiol groups is 1. The molecule has 0 unspecified atom stereocenters. The summed E-state index contributed by atoms with van der Waals surface area (Å²) in [6.07, 6.45) is 4.05. The van der Waals surface area contributed by atoms with Crippen molar-refractivity contribution in [1.29, 1.82) is 0 Å². The lowest BCUT2D eigenvalue weighted by atomic mass is 10.2. The molecule has 0 aliphatic rings. The van der Waals surface area contributed by atoms with Crippen LogP contribution in [0.2, 0.25) is 0 Å². The standard InChI is InChI=1S/C11H16N2S.C3H8.C2H6/c1-3-6-12-8-13-10-5-4-9(2)7-11(10)14;1-3-2;1-2/h4-5,7-8,14H,3,6H2,1-2H3,(H,12,13);3H2,1-2H3;1-2H3. The molecule has 0 heterocycles. The number of hydrogen-bond acceptors (Lipinski definition) is 2. The first-order valence-corrected chi connectivity index (χ1v) is 7.64. The Bertz CT molecular complexity index is 336. The Morgan fingerprint density at radius 3 is 2.26 bits per heavy atom. The molecular weight excluding hydrogens is 252 g/mol. The molecule has 1 rings (SSSR count). The maximum Gasteiger partial charge on any atom is 0.0868 e. The largest absolute Gasteiger partial charge is 0.346 e. The lowest BCUT2D eigenvalue weighted by molar-refractivity contribution is 0.936. The Kier molecular flexibility index (Phi) is 16.2. The molecule has 0 fully saturated rings. The van der Waals surface area contributed by atoms with Crippen molar-refractivity contribution in [3.63, 3.8) is 0 Å². The van der Waals surface area contributed by atoms with E-state index in [1.807, 2.05) is 26.0 Å². The third-order valence-electron chi connectivity index (χ3n) is 1.82. The second-order valence-corrected chi connectivity index (χ2v) is 4.39. The van der Waals surface area contributed by atoms with E-state index >= 15 is 0 Å². The van der Waals surface area contributed by atoms with Crippen LogP contribution in [0.4, 0.5) is 5.69 Å². The zero-order valence-electron chi connectivity index (χ0n) is 13.3. The smallest absolute Gasteiger partial charge is 0.0868 e.